The SMILES string of the molecule is Cc1c(F)cc2[nH]ncc2c1-c1c(C2CC2)cc2c(N3C[C@@H]4C[C@H]3CN4)nc(OC3CCOCC3)nc2c1OCc1ccc(-c2cn([C@H](C(=O)N3CCC[C@H]3C(=O)N[C@@H](CO)c3ccc(-c4ncncc4F)cc3)C(C)C)nn2)cc1. The van der Waals surface area contributed by atoms with Crippen LogP contribution < -0.4 is 25.0 Å². The molecule has 4 aliphatic heterocycles. The molecule has 0 unspecified atom stereocenters. The zero-order valence-electron chi connectivity index (χ0n) is 45.3. The number of ether oxygens (including phenoxy) is 3. The third kappa shape index (κ3) is 10.1. The number of benzene rings is 4. The van der Waals surface area contributed by atoms with Gasteiger partial charge in [-0.15, -0.1) is 5.10 Å². The summed E-state index contributed by atoms with van der Waals surface area (Å²) in [6.07, 6.45) is 11.3. The second-order valence-corrected chi connectivity index (χ2v) is 22.5. The number of amides is 2. The highest BCUT2D eigenvalue weighted by atomic mass is 19.1. The minimum atomic E-state index is -0.769. The van der Waals surface area contributed by atoms with Gasteiger partial charge >= 0.3 is 6.01 Å². The Morgan fingerprint density at radius 3 is 2.47 bits per heavy atom. The maximum absolute atomic E-state index is 16.1. The smallest absolute Gasteiger partial charge is 0.319 e. The first kappa shape index (κ1) is 52.4. The number of piperazine rings is 1. The molecule has 0 radical (unpaired) electrons. The molecule has 2 bridgehead atoms. The Morgan fingerprint density at radius 1 is 0.938 bits per heavy atom. The number of aromatic amines is 1. The number of anilines is 1. The number of halogens is 2. The molecular formula is C60H63F2N13O6. The van der Waals surface area contributed by atoms with Gasteiger partial charge in [0.1, 0.15) is 59.7 Å². The number of nitrogens with one attached hydrogen (secondary N) is 3. The van der Waals surface area contributed by atoms with Crippen LogP contribution in [0.3, 0.4) is 0 Å². The van der Waals surface area contributed by atoms with Crippen LogP contribution in [0.25, 0.3) is 55.4 Å². The lowest BCUT2D eigenvalue weighted by atomic mass is 9.88. The lowest BCUT2D eigenvalue weighted by Gasteiger charge is -2.31. The zero-order valence-corrected chi connectivity index (χ0v) is 45.3. The molecule has 2 amide bonds. The van der Waals surface area contributed by atoms with Gasteiger partial charge in [0.2, 0.25) is 11.8 Å². The Morgan fingerprint density at radius 2 is 1.74 bits per heavy atom. The molecule has 4 aromatic heterocycles. The van der Waals surface area contributed by atoms with E-state index >= 15 is 4.39 Å². The third-order valence-electron chi connectivity index (χ3n) is 16.8. The molecule has 5 aliphatic rings. The number of fused-ring (bicyclic) bond motifs is 4. The number of aromatic nitrogens is 9. The molecule has 4 aromatic carbocycles. The number of hydrogen-bond donors (Lipinski definition) is 4. The van der Waals surface area contributed by atoms with E-state index < -0.39 is 30.5 Å². The lowest BCUT2D eigenvalue weighted by molar-refractivity contribution is -0.142. The van der Waals surface area contributed by atoms with Gasteiger partial charge in [-0.3, -0.25) is 14.7 Å². The molecule has 81 heavy (non-hydrogen) atoms. The van der Waals surface area contributed by atoms with Crippen molar-refractivity contribution in [2.75, 3.05) is 44.4 Å². The van der Waals surface area contributed by atoms with Crippen LogP contribution in [-0.4, -0.2) is 131 Å². The number of carbonyl (C=O) groups is 2. The van der Waals surface area contributed by atoms with Crippen LogP contribution in [0.2, 0.25) is 0 Å². The molecule has 5 fully saturated rings. The van der Waals surface area contributed by atoms with Crippen LogP contribution in [0, 0.1) is 24.5 Å². The first-order valence-corrected chi connectivity index (χ1v) is 28.1. The predicted molar refractivity (Wildman–Crippen MR) is 297 cm³/mol. The number of aliphatic hydroxyl groups excluding tert-OH is 1. The van der Waals surface area contributed by atoms with Gasteiger partial charge in [0.25, 0.3) is 0 Å². The number of carbonyl (C=O) groups excluding carboxylic acids is 2. The summed E-state index contributed by atoms with van der Waals surface area (Å²) in [7, 11) is 0. The second kappa shape index (κ2) is 21.8. The van der Waals surface area contributed by atoms with Crippen LogP contribution >= 0.6 is 0 Å². The van der Waals surface area contributed by atoms with Gasteiger partial charge in [0.15, 0.2) is 11.6 Å². The summed E-state index contributed by atoms with van der Waals surface area (Å²) in [5.41, 5.74) is 7.69. The third-order valence-corrected chi connectivity index (χ3v) is 16.8. The molecule has 4 N–H and O–H groups in total. The number of nitrogens with zero attached hydrogens (tertiary/aromatic N) is 10. The monoisotopic (exact) mass is 1100 g/mol. The number of H-pyrrole nitrogens is 1. The number of hydrogen-bond acceptors (Lipinski definition) is 15. The molecule has 8 heterocycles. The summed E-state index contributed by atoms with van der Waals surface area (Å²) in [6.45, 7) is 8.66. The molecule has 4 saturated heterocycles. The van der Waals surface area contributed by atoms with E-state index in [1.807, 2.05) is 45.0 Å². The predicted octanol–water partition coefficient (Wildman–Crippen LogP) is 8.08. The fourth-order valence-corrected chi connectivity index (χ4v) is 12.4. The molecule has 5 atom stereocenters. The van der Waals surface area contributed by atoms with Gasteiger partial charge in [0, 0.05) is 77.6 Å². The Bertz CT molecular complexity index is 3660. The average molecular weight is 1100 g/mol. The van der Waals surface area contributed by atoms with E-state index in [4.69, 9.17) is 24.2 Å². The Balaban J connectivity index is 0.777. The van der Waals surface area contributed by atoms with Crippen molar-refractivity contribution >= 4 is 39.4 Å². The number of rotatable bonds is 17. The fourth-order valence-electron chi connectivity index (χ4n) is 12.4. The van der Waals surface area contributed by atoms with Gasteiger partial charge in [-0.05, 0) is 85.3 Å². The van der Waals surface area contributed by atoms with Crippen molar-refractivity contribution in [3.8, 4) is 45.4 Å². The van der Waals surface area contributed by atoms with Crippen LogP contribution in [0.4, 0.5) is 14.6 Å². The van der Waals surface area contributed by atoms with Crippen molar-refractivity contribution < 1.29 is 37.7 Å². The fraction of sp³-hybridized carbons (Fsp3) is 0.417. The highest BCUT2D eigenvalue weighted by Crippen LogP contribution is 2.53. The van der Waals surface area contributed by atoms with E-state index in [9.17, 15) is 19.1 Å². The highest BCUT2D eigenvalue weighted by Gasteiger charge is 2.42. The van der Waals surface area contributed by atoms with E-state index in [0.29, 0.717) is 83.4 Å². The van der Waals surface area contributed by atoms with Crippen LogP contribution in [-0.2, 0) is 20.9 Å². The summed E-state index contributed by atoms with van der Waals surface area (Å²) in [4.78, 5) is 50.7. The number of aliphatic hydroxyl groups is 1. The summed E-state index contributed by atoms with van der Waals surface area (Å²) in [5.74, 6) is -0.206. The van der Waals surface area contributed by atoms with Crippen molar-refractivity contribution in [1.29, 1.82) is 0 Å². The Hall–Kier alpha value is -8.01. The molecule has 13 rings (SSSR count). The summed E-state index contributed by atoms with van der Waals surface area (Å²) in [6, 6.07) is 16.9. The van der Waals surface area contributed by atoms with Gasteiger partial charge in [-0.1, -0.05) is 67.6 Å². The van der Waals surface area contributed by atoms with Crippen LogP contribution in [0.1, 0.15) is 99.0 Å². The minimum Gasteiger partial charge on any atom is -0.486 e. The van der Waals surface area contributed by atoms with E-state index in [1.165, 1.54) is 12.4 Å². The Labute approximate surface area is 465 Å². The maximum atomic E-state index is 16.1. The van der Waals surface area contributed by atoms with Crippen molar-refractivity contribution in [3.05, 3.63) is 119 Å². The van der Waals surface area contributed by atoms with Gasteiger partial charge < -0.3 is 39.8 Å². The molecule has 1 saturated carbocycles. The van der Waals surface area contributed by atoms with Gasteiger partial charge in [-0.25, -0.2) is 23.4 Å². The molecule has 418 valence electrons. The van der Waals surface area contributed by atoms with E-state index in [2.05, 4.69) is 52.1 Å². The van der Waals surface area contributed by atoms with Gasteiger partial charge in [0.05, 0.1) is 50.0 Å². The van der Waals surface area contributed by atoms with Crippen molar-refractivity contribution in [3.63, 3.8) is 0 Å². The van der Waals surface area contributed by atoms with Crippen molar-refractivity contribution in [1.82, 2.24) is 60.7 Å². The topological polar surface area (TPSA) is 224 Å². The maximum Gasteiger partial charge on any atom is 0.319 e. The van der Waals surface area contributed by atoms with Gasteiger partial charge in [-0.2, -0.15) is 15.1 Å². The van der Waals surface area contributed by atoms with Crippen LogP contribution in [0.5, 0.6) is 11.8 Å². The summed E-state index contributed by atoms with van der Waals surface area (Å²) < 4.78 is 51.6. The Kier molecular flexibility index (Phi) is 14.1. The summed E-state index contributed by atoms with van der Waals surface area (Å²) in [5, 5.41) is 35.0. The van der Waals surface area contributed by atoms with Crippen LogP contribution in [0.15, 0.2) is 85.6 Å². The van der Waals surface area contributed by atoms with Crippen molar-refractivity contribution in [2.45, 2.75) is 115 Å². The standard InChI is InChI=1S/C60H63F2N13O6/c1-32(2)55(59(78)73-18-4-5-50(73)58(77)67-49(29-76)37-12-14-38(15-13-37)53-46(62)26-63-31-65-53)75-28-48(71-72-75)36-8-6-34(7-9-36)30-80-56-52(51-33(3)45(61)23-47-44(51)25-66-70-47)42(35-10-11-35)22-43-54(56)68-60(81-41-16-19-79-20-17-41)69-57(43)74-27-39-21-40(74)24-64-39/h6-9,12-15,22-23,25-26,28,31-32,35,39-41,49-50,55,64,76H,4-5,10-11,16-21,24,27,29-30H2,1-3H3,(H,66,70)(H,67,77)/t39-,40-,49-,50-,55-/m0/s1. The molecule has 8 aromatic rings. The summed E-state index contributed by atoms with van der Waals surface area (Å²) >= 11 is 0. The molecule has 19 nitrogen and oxygen atoms in total. The van der Waals surface area contributed by atoms with E-state index in [0.717, 1.165) is 90.2 Å². The first-order valence-electron chi connectivity index (χ1n) is 28.1. The van der Waals surface area contributed by atoms with Crippen molar-refractivity contribution in [2.24, 2.45) is 5.92 Å². The quantitative estimate of drug-likeness (QED) is 0.0677. The molecule has 0 spiro atoms. The first-order chi connectivity index (χ1) is 39.5. The van der Waals surface area contributed by atoms with E-state index in [1.54, 1.807) is 46.2 Å². The average Bonchev–Trinajstić information content (AvgIpc) is 4.12. The number of likely N-dealkylation sites (tertiary alicyclic amines) is 1. The largest absolute Gasteiger partial charge is 0.486 e. The normalized spacial score (nSPS) is 20.0. The van der Waals surface area contributed by atoms with E-state index in [-0.39, 0.29) is 59.9 Å². The zero-order chi connectivity index (χ0) is 55.5. The molecule has 1 aliphatic carbocycles. The minimum absolute atomic E-state index is 0.115. The lowest BCUT2D eigenvalue weighted by Crippen LogP contribution is -2.50. The second-order valence-electron chi connectivity index (χ2n) is 22.5. The molecular weight excluding hydrogens is 1040 g/mol. The highest BCUT2D eigenvalue weighted by molar-refractivity contribution is 6.06. The molecule has 21 heteroatoms.